The Hall–Kier alpha value is -0.820. The van der Waals surface area contributed by atoms with E-state index in [1.165, 1.54) is 24.0 Å². The molecule has 1 aromatic carbocycles. The summed E-state index contributed by atoms with van der Waals surface area (Å²) in [5.74, 6) is 0.631. The fraction of sp³-hybridized carbons (Fsp3) is 0.600. The third-order valence-electron chi connectivity index (χ3n) is 2.55. The first-order valence-electron chi connectivity index (χ1n) is 6.38. The van der Waals surface area contributed by atoms with Crippen LogP contribution >= 0.6 is 0 Å². The van der Waals surface area contributed by atoms with Crippen molar-refractivity contribution in [3.8, 4) is 0 Å². The van der Waals surface area contributed by atoms with Gasteiger partial charge in [0, 0.05) is 6.61 Å². The van der Waals surface area contributed by atoms with Gasteiger partial charge in [-0.15, -0.1) is 0 Å². The average Bonchev–Trinajstić information content (AvgIpc) is 2.27. The van der Waals surface area contributed by atoms with Crippen LogP contribution in [0.25, 0.3) is 0 Å². The summed E-state index contributed by atoms with van der Waals surface area (Å²) in [4.78, 5) is 0. The Bertz CT molecular complexity index is 274. The largest absolute Gasteiger partial charge is 0.381 e. The van der Waals surface area contributed by atoms with Crippen LogP contribution in [0.3, 0.4) is 0 Å². The monoisotopic (exact) mass is 220 g/mol. The van der Waals surface area contributed by atoms with Gasteiger partial charge in [-0.2, -0.15) is 0 Å². The minimum atomic E-state index is 0.631. The molecule has 90 valence electrons. The Morgan fingerprint density at radius 2 is 1.56 bits per heavy atom. The van der Waals surface area contributed by atoms with Crippen molar-refractivity contribution in [1.82, 2.24) is 0 Å². The lowest BCUT2D eigenvalue weighted by Gasteiger charge is -2.07. The summed E-state index contributed by atoms with van der Waals surface area (Å²) in [5.41, 5.74) is 2.82. The van der Waals surface area contributed by atoms with E-state index in [1.54, 1.807) is 0 Å². The van der Waals surface area contributed by atoms with Crippen LogP contribution in [-0.2, 0) is 17.6 Å². The average molecular weight is 220 g/mol. The van der Waals surface area contributed by atoms with Crippen LogP contribution < -0.4 is 0 Å². The molecule has 16 heavy (non-hydrogen) atoms. The van der Waals surface area contributed by atoms with E-state index in [1.807, 2.05) is 0 Å². The normalized spacial score (nSPS) is 11.0. The van der Waals surface area contributed by atoms with Gasteiger partial charge in [0.1, 0.15) is 0 Å². The first-order chi connectivity index (χ1) is 7.72. The number of benzene rings is 1. The quantitative estimate of drug-likeness (QED) is 0.634. The highest BCUT2D eigenvalue weighted by molar-refractivity contribution is 5.22. The van der Waals surface area contributed by atoms with E-state index in [9.17, 15) is 0 Å². The third kappa shape index (κ3) is 5.32. The lowest BCUT2D eigenvalue weighted by atomic mass is 10.1. The van der Waals surface area contributed by atoms with E-state index in [4.69, 9.17) is 4.74 Å². The molecule has 0 bridgehead atoms. The minimum Gasteiger partial charge on any atom is -0.381 e. The van der Waals surface area contributed by atoms with Gasteiger partial charge in [0.05, 0.1) is 6.61 Å². The van der Waals surface area contributed by atoms with Crippen LogP contribution in [0.2, 0.25) is 0 Å². The molecule has 1 heteroatoms. The zero-order valence-electron chi connectivity index (χ0n) is 10.8. The SMILES string of the molecule is CCCc1ccc(CCOCC(C)C)cc1. The van der Waals surface area contributed by atoms with Crippen molar-refractivity contribution >= 4 is 0 Å². The Labute approximate surface area is 99.8 Å². The van der Waals surface area contributed by atoms with Crippen LogP contribution in [-0.4, -0.2) is 13.2 Å². The summed E-state index contributed by atoms with van der Waals surface area (Å²) in [6, 6.07) is 8.93. The van der Waals surface area contributed by atoms with E-state index in [2.05, 4.69) is 45.0 Å². The predicted molar refractivity (Wildman–Crippen MR) is 69.8 cm³/mol. The van der Waals surface area contributed by atoms with Gasteiger partial charge in [0.15, 0.2) is 0 Å². The Morgan fingerprint density at radius 1 is 1.00 bits per heavy atom. The van der Waals surface area contributed by atoms with Crippen LogP contribution in [0.15, 0.2) is 24.3 Å². The fourth-order valence-corrected chi connectivity index (χ4v) is 1.67. The van der Waals surface area contributed by atoms with Gasteiger partial charge in [-0.1, -0.05) is 51.5 Å². The Balaban J connectivity index is 2.26. The molecule has 1 aromatic rings. The van der Waals surface area contributed by atoms with Gasteiger partial charge in [-0.25, -0.2) is 0 Å². The highest BCUT2D eigenvalue weighted by atomic mass is 16.5. The summed E-state index contributed by atoms with van der Waals surface area (Å²) in [7, 11) is 0. The summed E-state index contributed by atoms with van der Waals surface area (Å²) < 4.78 is 5.58. The number of hydrogen-bond acceptors (Lipinski definition) is 1. The van der Waals surface area contributed by atoms with Crippen molar-refractivity contribution in [1.29, 1.82) is 0 Å². The molecule has 1 nitrogen and oxygen atoms in total. The van der Waals surface area contributed by atoms with E-state index in [0.717, 1.165) is 19.6 Å². The molecule has 0 amide bonds. The number of rotatable bonds is 7. The van der Waals surface area contributed by atoms with Crippen molar-refractivity contribution in [2.24, 2.45) is 5.92 Å². The van der Waals surface area contributed by atoms with Crippen LogP contribution in [0, 0.1) is 5.92 Å². The minimum absolute atomic E-state index is 0.631. The maximum atomic E-state index is 5.58. The fourth-order valence-electron chi connectivity index (χ4n) is 1.67. The molecule has 0 heterocycles. The smallest absolute Gasteiger partial charge is 0.0506 e. The highest BCUT2D eigenvalue weighted by Gasteiger charge is 1.96. The molecular formula is C15H24O. The maximum absolute atomic E-state index is 5.58. The second-order valence-corrected chi connectivity index (χ2v) is 4.79. The van der Waals surface area contributed by atoms with Gasteiger partial charge < -0.3 is 4.74 Å². The summed E-state index contributed by atoms with van der Waals surface area (Å²) in [6.45, 7) is 8.28. The zero-order valence-corrected chi connectivity index (χ0v) is 10.8. The molecule has 0 aliphatic carbocycles. The van der Waals surface area contributed by atoms with E-state index >= 15 is 0 Å². The lowest BCUT2D eigenvalue weighted by molar-refractivity contribution is 0.112. The summed E-state index contributed by atoms with van der Waals surface area (Å²) >= 11 is 0. The van der Waals surface area contributed by atoms with E-state index in [-0.39, 0.29) is 0 Å². The first-order valence-corrected chi connectivity index (χ1v) is 6.38. The van der Waals surface area contributed by atoms with Crippen molar-refractivity contribution in [2.75, 3.05) is 13.2 Å². The van der Waals surface area contributed by atoms with Crippen molar-refractivity contribution in [3.63, 3.8) is 0 Å². The van der Waals surface area contributed by atoms with Crippen LogP contribution in [0.4, 0.5) is 0 Å². The van der Waals surface area contributed by atoms with Crippen LogP contribution in [0.1, 0.15) is 38.3 Å². The summed E-state index contributed by atoms with van der Waals surface area (Å²) in [5, 5.41) is 0. The number of ether oxygens (including phenoxy) is 1. The number of aryl methyl sites for hydroxylation is 1. The molecule has 0 saturated heterocycles. The van der Waals surface area contributed by atoms with Gasteiger partial charge >= 0.3 is 0 Å². The molecule has 0 spiro atoms. The molecule has 0 aromatic heterocycles. The lowest BCUT2D eigenvalue weighted by Crippen LogP contribution is -2.05. The highest BCUT2D eigenvalue weighted by Crippen LogP contribution is 2.07. The van der Waals surface area contributed by atoms with Gasteiger partial charge in [0.2, 0.25) is 0 Å². The van der Waals surface area contributed by atoms with Gasteiger partial charge in [-0.05, 0) is 29.9 Å². The van der Waals surface area contributed by atoms with Crippen molar-refractivity contribution in [3.05, 3.63) is 35.4 Å². The molecule has 0 aliphatic heterocycles. The topological polar surface area (TPSA) is 9.23 Å². The molecule has 0 radical (unpaired) electrons. The van der Waals surface area contributed by atoms with Crippen LogP contribution in [0.5, 0.6) is 0 Å². The molecule has 0 atom stereocenters. The van der Waals surface area contributed by atoms with E-state index < -0.39 is 0 Å². The van der Waals surface area contributed by atoms with E-state index in [0.29, 0.717) is 5.92 Å². The van der Waals surface area contributed by atoms with Gasteiger partial charge in [-0.3, -0.25) is 0 Å². The van der Waals surface area contributed by atoms with Crippen molar-refractivity contribution in [2.45, 2.75) is 40.0 Å². The predicted octanol–water partition coefficient (Wildman–Crippen LogP) is 3.85. The number of hydrogen-bond donors (Lipinski definition) is 0. The molecule has 0 aliphatic rings. The molecule has 0 unspecified atom stereocenters. The summed E-state index contributed by atoms with van der Waals surface area (Å²) in [6.07, 6.45) is 3.43. The third-order valence-corrected chi connectivity index (χ3v) is 2.55. The van der Waals surface area contributed by atoms with Crippen molar-refractivity contribution < 1.29 is 4.74 Å². The zero-order chi connectivity index (χ0) is 11.8. The molecule has 0 N–H and O–H groups in total. The molecule has 1 rings (SSSR count). The second-order valence-electron chi connectivity index (χ2n) is 4.79. The first kappa shape index (κ1) is 13.2. The molecule has 0 saturated carbocycles. The Morgan fingerprint density at radius 3 is 2.06 bits per heavy atom. The standard InChI is InChI=1S/C15H24O/c1-4-5-14-6-8-15(9-7-14)10-11-16-12-13(2)3/h6-9,13H,4-5,10-12H2,1-3H3. The second kappa shape index (κ2) is 7.45. The van der Waals surface area contributed by atoms with Gasteiger partial charge in [0.25, 0.3) is 0 Å². The maximum Gasteiger partial charge on any atom is 0.0506 e. The molecular weight excluding hydrogens is 196 g/mol. The Kier molecular flexibility index (Phi) is 6.17. The molecule has 0 fully saturated rings.